The highest BCUT2D eigenvalue weighted by Crippen LogP contribution is 2.40. The molecular weight excluding hydrogens is 245 g/mol. The molecular formula is C6H6INS. The first-order valence-corrected chi connectivity index (χ1v) is 4.83. The molecule has 1 saturated carbocycles. The van der Waals surface area contributed by atoms with Gasteiger partial charge in [0.1, 0.15) is 0 Å². The van der Waals surface area contributed by atoms with Crippen LogP contribution in [0.15, 0.2) is 6.07 Å². The summed E-state index contributed by atoms with van der Waals surface area (Å²) >= 11 is 3.93. The molecule has 1 aliphatic rings. The maximum absolute atomic E-state index is 4.31. The van der Waals surface area contributed by atoms with Crippen molar-refractivity contribution >= 4 is 34.1 Å². The molecule has 1 heterocycles. The Hall–Kier alpha value is 0.360. The maximum Gasteiger partial charge on any atom is 0.0863 e. The summed E-state index contributed by atoms with van der Waals surface area (Å²) in [5, 5.41) is 0. The lowest BCUT2D eigenvalue weighted by Gasteiger charge is -1.81. The van der Waals surface area contributed by atoms with E-state index in [1.54, 1.807) is 11.5 Å². The van der Waals surface area contributed by atoms with Gasteiger partial charge in [0.25, 0.3) is 0 Å². The average Bonchev–Trinajstić information content (AvgIpc) is 2.58. The van der Waals surface area contributed by atoms with Gasteiger partial charge in [-0.1, -0.05) is 0 Å². The van der Waals surface area contributed by atoms with E-state index in [0.717, 1.165) is 5.92 Å². The molecule has 3 heteroatoms. The van der Waals surface area contributed by atoms with Crippen molar-refractivity contribution in [2.45, 2.75) is 18.8 Å². The highest BCUT2D eigenvalue weighted by molar-refractivity contribution is 14.1. The van der Waals surface area contributed by atoms with Gasteiger partial charge in [0.05, 0.1) is 8.58 Å². The summed E-state index contributed by atoms with van der Waals surface area (Å²) < 4.78 is 5.63. The third kappa shape index (κ3) is 1.26. The van der Waals surface area contributed by atoms with E-state index in [1.807, 2.05) is 0 Å². The number of hydrogen-bond acceptors (Lipinski definition) is 2. The summed E-state index contributed by atoms with van der Waals surface area (Å²) in [5.74, 6) is 0.824. The van der Waals surface area contributed by atoms with Crippen molar-refractivity contribution in [3.63, 3.8) is 0 Å². The lowest BCUT2D eigenvalue weighted by Crippen LogP contribution is -1.72. The van der Waals surface area contributed by atoms with E-state index in [-0.39, 0.29) is 0 Å². The Bertz CT molecular complexity index is 217. The molecule has 0 N–H and O–H groups in total. The molecule has 1 fully saturated rings. The first-order valence-electron chi connectivity index (χ1n) is 2.98. The molecule has 0 aromatic carbocycles. The topological polar surface area (TPSA) is 12.9 Å². The number of hydrogen-bond donors (Lipinski definition) is 0. The minimum atomic E-state index is 0.824. The van der Waals surface area contributed by atoms with Crippen molar-refractivity contribution in [2.75, 3.05) is 0 Å². The zero-order valence-corrected chi connectivity index (χ0v) is 7.78. The van der Waals surface area contributed by atoms with Gasteiger partial charge in [0.2, 0.25) is 0 Å². The van der Waals surface area contributed by atoms with Crippen molar-refractivity contribution in [3.05, 3.63) is 14.6 Å². The molecule has 1 aromatic rings. The minimum Gasteiger partial charge on any atom is -0.196 e. The molecule has 2 rings (SSSR count). The quantitative estimate of drug-likeness (QED) is 0.699. The van der Waals surface area contributed by atoms with Crippen molar-refractivity contribution in [1.82, 2.24) is 4.37 Å². The van der Waals surface area contributed by atoms with E-state index >= 15 is 0 Å². The normalized spacial score (nSPS) is 18.3. The lowest BCUT2D eigenvalue weighted by molar-refractivity contribution is 1.07. The molecule has 0 radical (unpaired) electrons. The second kappa shape index (κ2) is 2.20. The van der Waals surface area contributed by atoms with Crippen molar-refractivity contribution < 1.29 is 0 Å². The molecule has 1 aromatic heterocycles. The summed E-state index contributed by atoms with van der Waals surface area (Å²) in [6.07, 6.45) is 2.72. The predicted molar refractivity (Wildman–Crippen MR) is 46.8 cm³/mol. The molecule has 0 aliphatic heterocycles. The second-order valence-electron chi connectivity index (χ2n) is 2.33. The molecule has 0 bridgehead atoms. The van der Waals surface area contributed by atoms with Crippen LogP contribution in [0, 0.1) is 2.88 Å². The van der Waals surface area contributed by atoms with E-state index in [0.29, 0.717) is 0 Å². The fourth-order valence-corrected chi connectivity index (χ4v) is 2.02. The van der Waals surface area contributed by atoms with Gasteiger partial charge >= 0.3 is 0 Å². The Labute approximate surface area is 71.8 Å². The predicted octanol–water partition coefficient (Wildman–Crippen LogP) is 2.63. The van der Waals surface area contributed by atoms with Crippen LogP contribution in [0.2, 0.25) is 0 Å². The van der Waals surface area contributed by atoms with E-state index in [1.165, 1.54) is 21.4 Å². The van der Waals surface area contributed by atoms with Crippen LogP contribution in [0.4, 0.5) is 0 Å². The molecule has 0 atom stereocenters. The Morgan fingerprint density at radius 1 is 1.67 bits per heavy atom. The van der Waals surface area contributed by atoms with Crippen LogP contribution in [0.5, 0.6) is 0 Å². The molecule has 0 amide bonds. The molecule has 0 saturated heterocycles. The zero-order chi connectivity index (χ0) is 6.27. The molecule has 0 spiro atoms. The number of nitrogens with zero attached hydrogens (tertiary/aromatic N) is 1. The van der Waals surface area contributed by atoms with Crippen LogP contribution in [0.25, 0.3) is 0 Å². The van der Waals surface area contributed by atoms with Crippen molar-refractivity contribution in [3.8, 4) is 0 Å². The molecule has 1 nitrogen and oxygen atoms in total. The first kappa shape index (κ1) is 6.09. The van der Waals surface area contributed by atoms with Gasteiger partial charge in [-0.05, 0) is 53.0 Å². The monoisotopic (exact) mass is 251 g/mol. The Kier molecular flexibility index (Phi) is 1.49. The summed E-state index contributed by atoms with van der Waals surface area (Å²) in [6.45, 7) is 0. The van der Waals surface area contributed by atoms with Crippen LogP contribution >= 0.6 is 34.1 Å². The van der Waals surface area contributed by atoms with E-state index in [9.17, 15) is 0 Å². The van der Waals surface area contributed by atoms with Gasteiger partial charge in [0, 0.05) is 5.92 Å². The average molecular weight is 251 g/mol. The van der Waals surface area contributed by atoms with Gasteiger partial charge in [0.15, 0.2) is 0 Å². The second-order valence-corrected chi connectivity index (χ2v) is 5.03. The van der Waals surface area contributed by atoms with Crippen LogP contribution in [0.3, 0.4) is 0 Å². The third-order valence-corrected chi connectivity index (χ3v) is 2.99. The smallest absolute Gasteiger partial charge is 0.0863 e. The Morgan fingerprint density at radius 3 is 2.89 bits per heavy atom. The van der Waals surface area contributed by atoms with Gasteiger partial charge in [-0.25, -0.2) is 0 Å². The summed E-state index contributed by atoms with van der Waals surface area (Å²) in [4.78, 5) is 0. The van der Waals surface area contributed by atoms with Crippen LogP contribution in [-0.4, -0.2) is 4.37 Å². The van der Waals surface area contributed by atoms with Crippen LogP contribution in [0.1, 0.15) is 24.5 Å². The highest BCUT2D eigenvalue weighted by Gasteiger charge is 2.25. The van der Waals surface area contributed by atoms with Crippen LogP contribution in [-0.2, 0) is 0 Å². The summed E-state index contributed by atoms with van der Waals surface area (Å²) in [5.41, 5.74) is 1.32. The summed E-state index contributed by atoms with van der Waals surface area (Å²) in [7, 11) is 0. The fraction of sp³-hybridized carbons (Fsp3) is 0.500. The van der Waals surface area contributed by atoms with Crippen LogP contribution < -0.4 is 0 Å². The zero-order valence-electron chi connectivity index (χ0n) is 4.80. The standard InChI is InChI=1S/C6H6INS/c7-6-3-5(8-9-6)4-1-2-4/h3-4H,1-2H2. The third-order valence-electron chi connectivity index (χ3n) is 1.50. The largest absolute Gasteiger partial charge is 0.196 e. The number of halogens is 1. The number of rotatable bonds is 1. The molecule has 0 unspecified atom stereocenters. The summed E-state index contributed by atoms with van der Waals surface area (Å²) in [6, 6.07) is 2.20. The SMILES string of the molecule is Ic1cc(C2CC2)ns1. The lowest BCUT2D eigenvalue weighted by atomic mass is 10.3. The van der Waals surface area contributed by atoms with Crippen molar-refractivity contribution in [1.29, 1.82) is 0 Å². The van der Waals surface area contributed by atoms with Gasteiger partial charge in [-0.15, -0.1) is 0 Å². The Balaban J connectivity index is 2.28. The van der Waals surface area contributed by atoms with Gasteiger partial charge in [-0.3, -0.25) is 0 Å². The molecule has 48 valence electrons. The minimum absolute atomic E-state index is 0.824. The number of aromatic nitrogens is 1. The highest BCUT2D eigenvalue weighted by atomic mass is 127. The van der Waals surface area contributed by atoms with E-state index in [2.05, 4.69) is 33.0 Å². The molecule has 1 aliphatic carbocycles. The first-order chi connectivity index (χ1) is 4.36. The van der Waals surface area contributed by atoms with E-state index in [4.69, 9.17) is 0 Å². The Morgan fingerprint density at radius 2 is 2.44 bits per heavy atom. The maximum atomic E-state index is 4.31. The fourth-order valence-electron chi connectivity index (χ4n) is 0.837. The van der Waals surface area contributed by atoms with Crippen molar-refractivity contribution in [2.24, 2.45) is 0 Å². The van der Waals surface area contributed by atoms with E-state index < -0.39 is 0 Å². The van der Waals surface area contributed by atoms with Gasteiger partial charge in [-0.2, -0.15) is 4.37 Å². The van der Waals surface area contributed by atoms with Gasteiger partial charge < -0.3 is 0 Å². The molecule has 9 heavy (non-hydrogen) atoms.